The highest BCUT2D eigenvalue weighted by Crippen LogP contribution is 2.41. The fourth-order valence-corrected chi connectivity index (χ4v) is 2.08. The molecule has 0 spiro atoms. The highest BCUT2D eigenvalue weighted by Gasteiger charge is 2.33. The SMILES string of the molecule is CCNC(c1cc(C)ccc1F)C1CC1. The molecule has 0 heterocycles. The standard InChI is InChI=1S/C13H18FN/c1-3-15-13(10-5-6-10)11-8-9(2)4-7-12(11)14/h4,7-8,10,13,15H,3,5-6H2,1-2H3. The van der Waals surface area contributed by atoms with Crippen molar-refractivity contribution in [3.8, 4) is 0 Å². The van der Waals surface area contributed by atoms with Crippen LogP contribution in [0.1, 0.15) is 36.9 Å². The Kier molecular flexibility index (Phi) is 3.06. The maximum Gasteiger partial charge on any atom is 0.128 e. The van der Waals surface area contributed by atoms with Crippen LogP contribution in [0.15, 0.2) is 18.2 Å². The first-order valence-corrected chi connectivity index (χ1v) is 5.71. The molecule has 1 aromatic rings. The van der Waals surface area contributed by atoms with Crippen LogP contribution in [0.25, 0.3) is 0 Å². The molecule has 1 unspecified atom stereocenters. The van der Waals surface area contributed by atoms with Gasteiger partial charge in [0.2, 0.25) is 0 Å². The van der Waals surface area contributed by atoms with Crippen molar-refractivity contribution in [1.29, 1.82) is 0 Å². The average Bonchev–Trinajstić information content (AvgIpc) is 3.02. The topological polar surface area (TPSA) is 12.0 Å². The van der Waals surface area contributed by atoms with Crippen LogP contribution in [0.2, 0.25) is 0 Å². The fraction of sp³-hybridized carbons (Fsp3) is 0.538. The van der Waals surface area contributed by atoms with Gasteiger partial charge in [0.05, 0.1) is 0 Å². The van der Waals surface area contributed by atoms with Crippen LogP contribution < -0.4 is 5.32 Å². The van der Waals surface area contributed by atoms with Crippen molar-refractivity contribution in [1.82, 2.24) is 5.32 Å². The van der Waals surface area contributed by atoms with Gasteiger partial charge in [0.15, 0.2) is 0 Å². The molecular formula is C13H18FN. The molecule has 1 fully saturated rings. The molecule has 15 heavy (non-hydrogen) atoms. The van der Waals surface area contributed by atoms with Crippen LogP contribution in [-0.4, -0.2) is 6.54 Å². The third kappa shape index (κ3) is 2.37. The predicted molar refractivity (Wildman–Crippen MR) is 60.3 cm³/mol. The van der Waals surface area contributed by atoms with Crippen molar-refractivity contribution in [3.05, 3.63) is 35.1 Å². The molecule has 1 saturated carbocycles. The molecule has 82 valence electrons. The second kappa shape index (κ2) is 4.31. The summed E-state index contributed by atoms with van der Waals surface area (Å²) in [6, 6.07) is 5.60. The summed E-state index contributed by atoms with van der Waals surface area (Å²) in [5.74, 6) is 0.569. The lowest BCUT2D eigenvalue weighted by Gasteiger charge is -2.18. The van der Waals surface area contributed by atoms with Crippen LogP contribution in [0.3, 0.4) is 0 Å². The van der Waals surface area contributed by atoms with Crippen LogP contribution in [0.5, 0.6) is 0 Å². The monoisotopic (exact) mass is 207 g/mol. The number of hydrogen-bond donors (Lipinski definition) is 1. The van der Waals surface area contributed by atoms with Gasteiger partial charge >= 0.3 is 0 Å². The number of halogens is 1. The van der Waals surface area contributed by atoms with Crippen molar-refractivity contribution in [2.45, 2.75) is 32.7 Å². The Balaban J connectivity index is 2.27. The van der Waals surface area contributed by atoms with E-state index in [9.17, 15) is 4.39 Å². The van der Waals surface area contributed by atoms with Crippen LogP contribution in [0, 0.1) is 18.7 Å². The highest BCUT2D eigenvalue weighted by molar-refractivity contribution is 5.28. The van der Waals surface area contributed by atoms with Gasteiger partial charge in [-0.05, 0) is 38.3 Å². The second-order valence-corrected chi connectivity index (χ2v) is 4.40. The zero-order chi connectivity index (χ0) is 10.8. The van der Waals surface area contributed by atoms with Gasteiger partial charge in [-0.2, -0.15) is 0 Å². The fourth-order valence-electron chi connectivity index (χ4n) is 2.08. The van der Waals surface area contributed by atoms with Crippen LogP contribution in [-0.2, 0) is 0 Å². The molecule has 1 N–H and O–H groups in total. The van der Waals surface area contributed by atoms with E-state index in [0.717, 1.165) is 17.7 Å². The summed E-state index contributed by atoms with van der Waals surface area (Å²) in [4.78, 5) is 0. The maximum absolute atomic E-state index is 13.7. The molecule has 0 aromatic heterocycles. The number of aryl methyl sites for hydroxylation is 1. The summed E-state index contributed by atoms with van der Waals surface area (Å²) in [7, 11) is 0. The number of hydrogen-bond acceptors (Lipinski definition) is 1. The molecule has 1 nitrogen and oxygen atoms in total. The van der Waals surface area contributed by atoms with Crippen molar-refractivity contribution in [2.24, 2.45) is 5.92 Å². The van der Waals surface area contributed by atoms with E-state index in [1.54, 1.807) is 6.07 Å². The van der Waals surface area contributed by atoms with Crippen LogP contribution in [0.4, 0.5) is 4.39 Å². The molecule has 1 aromatic carbocycles. The number of rotatable bonds is 4. The number of nitrogens with one attached hydrogen (secondary N) is 1. The summed E-state index contributed by atoms with van der Waals surface area (Å²) in [5.41, 5.74) is 1.98. The van der Waals surface area contributed by atoms with Gasteiger partial charge in [-0.25, -0.2) is 4.39 Å². The molecule has 0 radical (unpaired) electrons. The molecule has 2 rings (SSSR count). The van der Waals surface area contributed by atoms with E-state index in [2.05, 4.69) is 12.2 Å². The Labute approximate surface area is 90.7 Å². The van der Waals surface area contributed by atoms with E-state index in [4.69, 9.17) is 0 Å². The van der Waals surface area contributed by atoms with E-state index in [1.807, 2.05) is 19.1 Å². The molecule has 0 bridgehead atoms. The van der Waals surface area contributed by atoms with E-state index in [1.165, 1.54) is 12.8 Å². The van der Waals surface area contributed by atoms with E-state index >= 15 is 0 Å². The van der Waals surface area contributed by atoms with E-state index in [0.29, 0.717) is 5.92 Å². The average molecular weight is 207 g/mol. The van der Waals surface area contributed by atoms with E-state index in [-0.39, 0.29) is 11.9 Å². The molecule has 0 aliphatic heterocycles. The Morgan fingerprint density at radius 3 is 2.80 bits per heavy atom. The van der Waals surface area contributed by atoms with Gasteiger partial charge in [0, 0.05) is 11.6 Å². The minimum absolute atomic E-state index is 0.0709. The molecule has 0 amide bonds. The Morgan fingerprint density at radius 1 is 1.47 bits per heavy atom. The van der Waals surface area contributed by atoms with Crippen LogP contribution >= 0.6 is 0 Å². The third-order valence-corrected chi connectivity index (χ3v) is 3.00. The van der Waals surface area contributed by atoms with E-state index < -0.39 is 0 Å². The smallest absolute Gasteiger partial charge is 0.128 e. The maximum atomic E-state index is 13.7. The molecule has 1 aliphatic rings. The highest BCUT2D eigenvalue weighted by atomic mass is 19.1. The van der Waals surface area contributed by atoms with Gasteiger partial charge in [-0.3, -0.25) is 0 Å². The predicted octanol–water partition coefficient (Wildman–Crippen LogP) is 3.19. The van der Waals surface area contributed by atoms with Gasteiger partial charge in [0.1, 0.15) is 5.82 Å². The lowest BCUT2D eigenvalue weighted by Crippen LogP contribution is -2.23. The zero-order valence-corrected chi connectivity index (χ0v) is 9.39. The summed E-state index contributed by atoms with van der Waals surface area (Å²) in [5, 5.41) is 3.39. The van der Waals surface area contributed by atoms with Gasteiger partial charge in [-0.1, -0.05) is 24.6 Å². The van der Waals surface area contributed by atoms with Gasteiger partial charge < -0.3 is 5.32 Å². The Morgan fingerprint density at radius 2 is 2.20 bits per heavy atom. The molecule has 1 atom stereocenters. The normalized spacial score (nSPS) is 17.8. The summed E-state index contributed by atoms with van der Waals surface area (Å²) < 4.78 is 13.7. The Bertz CT molecular complexity index is 344. The van der Waals surface area contributed by atoms with Crippen molar-refractivity contribution < 1.29 is 4.39 Å². The zero-order valence-electron chi connectivity index (χ0n) is 9.39. The quantitative estimate of drug-likeness (QED) is 0.799. The first-order chi connectivity index (χ1) is 7.22. The molecule has 1 aliphatic carbocycles. The second-order valence-electron chi connectivity index (χ2n) is 4.40. The summed E-state index contributed by atoms with van der Waals surface area (Å²) in [6.45, 7) is 4.98. The molecule has 0 saturated heterocycles. The lowest BCUT2D eigenvalue weighted by molar-refractivity contribution is 0.468. The van der Waals surface area contributed by atoms with Crippen molar-refractivity contribution in [3.63, 3.8) is 0 Å². The first-order valence-electron chi connectivity index (χ1n) is 5.71. The van der Waals surface area contributed by atoms with Gasteiger partial charge in [-0.15, -0.1) is 0 Å². The third-order valence-electron chi connectivity index (χ3n) is 3.00. The van der Waals surface area contributed by atoms with Crippen molar-refractivity contribution in [2.75, 3.05) is 6.54 Å². The molecule has 2 heteroatoms. The van der Waals surface area contributed by atoms with Gasteiger partial charge in [0.25, 0.3) is 0 Å². The number of benzene rings is 1. The van der Waals surface area contributed by atoms with Crippen molar-refractivity contribution >= 4 is 0 Å². The lowest BCUT2D eigenvalue weighted by atomic mass is 10.00. The minimum atomic E-state index is -0.0709. The Hall–Kier alpha value is -0.890. The summed E-state index contributed by atoms with van der Waals surface area (Å²) >= 11 is 0. The summed E-state index contributed by atoms with van der Waals surface area (Å²) in [6.07, 6.45) is 2.45. The largest absolute Gasteiger partial charge is 0.310 e. The first kappa shape index (κ1) is 10.6. The minimum Gasteiger partial charge on any atom is -0.310 e. The molecular weight excluding hydrogens is 189 g/mol.